The van der Waals surface area contributed by atoms with Gasteiger partial charge in [0.25, 0.3) is 0 Å². The zero-order chi connectivity index (χ0) is 13.8. The third kappa shape index (κ3) is 2.75. The predicted molar refractivity (Wildman–Crippen MR) is 71.9 cm³/mol. The molecule has 0 spiro atoms. The van der Waals surface area contributed by atoms with Gasteiger partial charge in [0.15, 0.2) is 5.76 Å². The van der Waals surface area contributed by atoms with Crippen LogP contribution in [0.2, 0.25) is 0 Å². The van der Waals surface area contributed by atoms with E-state index < -0.39 is 0 Å². The normalized spacial score (nSPS) is 10.8. The van der Waals surface area contributed by atoms with Crippen LogP contribution in [0.1, 0.15) is 11.6 Å². The lowest BCUT2D eigenvalue weighted by Crippen LogP contribution is -2.00. The Balaban J connectivity index is 1.73. The van der Waals surface area contributed by atoms with Gasteiger partial charge >= 0.3 is 0 Å². The van der Waals surface area contributed by atoms with Gasteiger partial charge in [-0.25, -0.2) is 9.67 Å². The summed E-state index contributed by atoms with van der Waals surface area (Å²) in [5.41, 5.74) is 1.74. The van der Waals surface area contributed by atoms with Gasteiger partial charge in [-0.3, -0.25) is 0 Å². The number of oxazole rings is 1. The van der Waals surface area contributed by atoms with Crippen LogP contribution in [-0.2, 0) is 13.0 Å². The molecule has 0 aliphatic rings. The maximum Gasteiger partial charge on any atom is 0.216 e. The fourth-order valence-corrected chi connectivity index (χ4v) is 1.90. The number of hydrogen-bond acceptors (Lipinski definition) is 5. The van der Waals surface area contributed by atoms with E-state index in [2.05, 4.69) is 15.3 Å². The smallest absolute Gasteiger partial charge is 0.216 e. The van der Waals surface area contributed by atoms with Gasteiger partial charge in [0.1, 0.15) is 6.54 Å². The fraction of sp³-hybridized carbons (Fsp3) is 0.214. The Hall–Kier alpha value is -2.47. The van der Waals surface area contributed by atoms with Gasteiger partial charge in [-0.1, -0.05) is 35.5 Å². The second kappa shape index (κ2) is 5.66. The van der Waals surface area contributed by atoms with Crippen LogP contribution in [0.15, 0.2) is 47.1 Å². The highest BCUT2D eigenvalue weighted by Crippen LogP contribution is 2.19. The molecule has 0 saturated heterocycles. The fourth-order valence-electron chi connectivity index (χ4n) is 1.90. The topological polar surface area (TPSA) is 77.0 Å². The number of benzene rings is 1. The summed E-state index contributed by atoms with van der Waals surface area (Å²) in [5.74, 6) is 1.31. The van der Waals surface area contributed by atoms with Crippen molar-refractivity contribution < 1.29 is 9.52 Å². The summed E-state index contributed by atoms with van der Waals surface area (Å²) in [4.78, 5) is 4.24. The van der Waals surface area contributed by atoms with Crippen LogP contribution < -0.4 is 0 Å². The minimum Gasteiger partial charge on any atom is -0.439 e. The second-order valence-electron chi connectivity index (χ2n) is 4.37. The van der Waals surface area contributed by atoms with Crippen LogP contribution in [0, 0.1) is 0 Å². The molecule has 1 aromatic carbocycles. The van der Waals surface area contributed by atoms with E-state index in [1.165, 1.54) is 0 Å². The molecule has 6 nitrogen and oxygen atoms in total. The first-order chi connectivity index (χ1) is 9.85. The maximum absolute atomic E-state index is 8.84. The third-order valence-electron chi connectivity index (χ3n) is 2.86. The summed E-state index contributed by atoms with van der Waals surface area (Å²) in [6, 6.07) is 9.81. The minimum absolute atomic E-state index is 0.0653. The van der Waals surface area contributed by atoms with Gasteiger partial charge in [-0.05, 0) is 0 Å². The summed E-state index contributed by atoms with van der Waals surface area (Å²) in [6.45, 7) is 0.487. The van der Waals surface area contributed by atoms with Crippen molar-refractivity contribution in [2.24, 2.45) is 0 Å². The summed E-state index contributed by atoms with van der Waals surface area (Å²) in [6.07, 6.45) is 3.99. The van der Waals surface area contributed by atoms with Crippen LogP contribution in [-0.4, -0.2) is 31.7 Å². The van der Waals surface area contributed by atoms with Crippen molar-refractivity contribution in [3.63, 3.8) is 0 Å². The summed E-state index contributed by atoms with van der Waals surface area (Å²) in [7, 11) is 0. The standard InChI is InChI=1S/C14H14N4O2/c19-7-6-12-9-18(17-16-12)10-14-15-8-13(20-14)11-4-2-1-3-5-11/h1-5,8-9,19H,6-7,10H2. The number of nitrogens with zero attached hydrogens (tertiary/aromatic N) is 4. The highest BCUT2D eigenvalue weighted by atomic mass is 16.4. The van der Waals surface area contributed by atoms with Crippen LogP contribution in [0.3, 0.4) is 0 Å². The van der Waals surface area contributed by atoms with Crippen molar-refractivity contribution in [3.8, 4) is 11.3 Å². The molecule has 2 aromatic heterocycles. The van der Waals surface area contributed by atoms with E-state index in [-0.39, 0.29) is 6.61 Å². The van der Waals surface area contributed by atoms with Gasteiger partial charge < -0.3 is 9.52 Å². The van der Waals surface area contributed by atoms with Crippen LogP contribution in [0.25, 0.3) is 11.3 Å². The van der Waals surface area contributed by atoms with Crippen molar-refractivity contribution in [1.29, 1.82) is 0 Å². The number of hydrogen-bond donors (Lipinski definition) is 1. The van der Waals surface area contributed by atoms with Gasteiger partial charge in [-0.15, -0.1) is 5.10 Å². The molecular formula is C14H14N4O2. The van der Waals surface area contributed by atoms with Crippen molar-refractivity contribution in [1.82, 2.24) is 20.0 Å². The molecule has 1 N–H and O–H groups in total. The number of aromatic nitrogens is 4. The molecule has 0 bridgehead atoms. The highest BCUT2D eigenvalue weighted by Gasteiger charge is 2.08. The summed E-state index contributed by atoms with van der Waals surface area (Å²) in [5, 5.41) is 16.8. The highest BCUT2D eigenvalue weighted by molar-refractivity contribution is 5.55. The SMILES string of the molecule is OCCc1cn(Cc2ncc(-c3ccccc3)o2)nn1. The van der Waals surface area contributed by atoms with Gasteiger partial charge in [0, 0.05) is 24.8 Å². The molecule has 0 amide bonds. The molecule has 0 fully saturated rings. The largest absolute Gasteiger partial charge is 0.439 e. The van der Waals surface area contributed by atoms with Gasteiger partial charge in [0.05, 0.1) is 11.9 Å². The average Bonchev–Trinajstić information content (AvgIpc) is 3.11. The quantitative estimate of drug-likeness (QED) is 0.760. The third-order valence-corrected chi connectivity index (χ3v) is 2.86. The van der Waals surface area contributed by atoms with E-state index in [1.54, 1.807) is 17.1 Å². The summed E-state index contributed by atoms with van der Waals surface area (Å²) < 4.78 is 7.34. The molecule has 102 valence electrons. The first-order valence-electron chi connectivity index (χ1n) is 6.35. The summed E-state index contributed by atoms with van der Waals surface area (Å²) >= 11 is 0. The molecular weight excluding hydrogens is 256 g/mol. The lowest BCUT2D eigenvalue weighted by Gasteiger charge is -1.96. The van der Waals surface area contributed by atoms with Crippen molar-refractivity contribution in [2.45, 2.75) is 13.0 Å². The second-order valence-corrected chi connectivity index (χ2v) is 4.37. The first kappa shape index (κ1) is 12.6. The van der Waals surface area contributed by atoms with Crippen LogP contribution >= 0.6 is 0 Å². The predicted octanol–water partition coefficient (Wildman–Crippen LogP) is 1.52. The molecule has 3 aromatic rings. The lowest BCUT2D eigenvalue weighted by atomic mass is 10.2. The Labute approximate surface area is 115 Å². The van der Waals surface area contributed by atoms with Crippen molar-refractivity contribution >= 4 is 0 Å². The van der Waals surface area contributed by atoms with E-state index in [9.17, 15) is 0 Å². The Kier molecular flexibility index (Phi) is 3.56. The van der Waals surface area contributed by atoms with Crippen molar-refractivity contribution in [2.75, 3.05) is 6.61 Å². The zero-order valence-corrected chi connectivity index (χ0v) is 10.8. The number of rotatable bonds is 5. The Bertz CT molecular complexity index is 675. The van der Waals surface area contributed by atoms with E-state index in [1.807, 2.05) is 30.3 Å². The zero-order valence-electron chi connectivity index (χ0n) is 10.8. The molecule has 6 heteroatoms. The minimum atomic E-state index is 0.0653. The maximum atomic E-state index is 8.84. The van der Waals surface area contributed by atoms with Gasteiger partial charge in [0.2, 0.25) is 5.89 Å². The van der Waals surface area contributed by atoms with E-state index in [0.29, 0.717) is 18.9 Å². The Morgan fingerprint density at radius 1 is 1.20 bits per heavy atom. The molecule has 0 atom stereocenters. The molecule has 3 rings (SSSR count). The molecule has 0 radical (unpaired) electrons. The molecule has 0 aliphatic heterocycles. The van der Waals surface area contributed by atoms with E-state index in [0.717, 1.165) is 17.0 Å². The monoisotopic (exact) mass is 270 g/mol. The Morgan fingerprint density at radius 2 is 2.05 bits per heavy atom. The molecule has 20 heavy (non-hydrogen) atoms. The van der Waals surface area contributed by atoms with Crippen LogP contribution in [0.5, 0.6) is 0 Å². The molecule has 0 aliphatic carbocycles. The van der Waals surface area contributed by atoms with Gasteiger partial charge in [-0.2, -0.15) is 0 Å². The van der Waals surface area contributed by atoms with E-state index in [4.69, 9.17) is 9.52 Å². The van der Waals surface area contributed by atoms with E-state index >= 15 is 0 Å². The average molecular weight is 270 g/mol. The molecule has 0 unspecified atom stereocenters. The first-order valence-corrected chi connectivity index (χ1v) is 6.35. The Morgan fingerprint density at radius 3 is 2.85 bits per heavy atom. The molecule has 0 saturated carbocycles. The number of aliphatic hydroxyl groups is 1. The molecule has 2 heterocycles. The van der Waals surface area contributed by atoms with Crippen molar-refractivity contribution in [3.05, 3.63) is 54.3 Å². The number of aliphatic hydroxyl groups excluding tert-OH is 1. The lowest BCUT2D eigenvalue weighted by molar-refractivity contribution is 0.298. The van der Waals surface area contributed by atoms with Crippen LogP contribution in [0.4, 0.5) is 0 Å².